The van der Waals surface area contributed by atoms with Gasteiger partial charge < -0.3 is 0 Å². The van der Waals surface area contributed by atoms with Gasteiger partial charge in [-0.15, -0.1) is 0 Å². The molecule has 0 amide bonds. The summed E-state index contributed by atoms with van der Waals surface area (Å²) >= 11 is 0. The van der Waals surface area contributed by atoms with E-state index in [9.17, 15) is 4.39 Å². The third-order valence-corrected chi connectivity index (χ3v) is 3.25. The van der Waals surface area contributed by atoms with E-state index in [1.54, 1.807) is 6.07 Å². The van der Waals surface area contributed by atoms with Crippen molar-refractivity contribution in [2.24, 2.45) is 0 Å². The van der Waals surface area contributed by atoms with E-state index in [0.29, 0.717) is 18.2 Å². The molecule has 2 nitrogen and oxygen atoms in total. The molecule has 1 aromatic rings. The summed E-state index contributed by atoms with van der Waals surface area (Å²) in [6.07, 6.45) is 2.38. The van der Waals surface area contributed by atoms with Gasteiger partial charge in [0.15, 0.2) is 0 Å². The molecule has 16 heavy (non-hydrogen) atoms. The van der Waals surface area contributed by atoms with Crippen LogP contribution in [-0.4, -0.2) is 17.5 Å². The van der Waals surface area contributed by atoms with Crippen molar-refractivity contribution in [2.45, 2.75) is 32.4 Å². The summed E-state index contributed by atoms with van der Waals surface area (Å²) in [5, 5.41) is 8.96. The van der Waals surface area contributed by atoms with Crippen molar-refractivity contribution in [3.8, 4) is 6.07 Å². The molecule has 1 aliphatic heterocycles. The fourth-order valence-corrected chi connectivity index (χ4v) is 2.25. The normalized spacial score (nSPS) is 20.9. The minimum atomic E-state index is -0.263. The number of halogens is 1. The molecule has 1 heterocycles. The number of likely N-dealkylation sites (tertiary alicyclic amines) is 1. The smallest absolute Gasteiger partial charge is 0.123 e. The lowest BCUT2D eigenvalue weighted by Crippen LogP contribution is -2.26. The Bertz CT molecular complexity index is 422. The van der Waals surface area contributed by atoms with Crippen molar-refractivity contribution in [3.63, 3.8) is 0 Å². The molecule has 0 N–H and O–H groups in total. The minimum Gasteiger partial charge on any atom is -0.296 e. The Hall–Kier alpha value is -1.40. The lowest BCUT2D eigenvalue weighted by Gasteiger charge is -2.21. The van der Waals surface area contributed by atoms with Crippen LogP contribution in [0.3, 0.4) is 0 Å². The molecule has 3 heteroatoms. The van der Waals surface area contributed by atoms with Crippen LogP contribution >= 0.6 is 0 Å². The Morgan fingerprint density at radius 3 is 3.00 bits per heavy atom. The zero-order valence-electron chi connectivity index (χ0n) is 9.41. The number of hydrogen-bond donors (Lipinski definition) is 0. The predicted molar refractivity (Wildman–Crippen MR) is 60.2 cm³/mol. The van der Waals surface area contributed by atoms with Gasteiger partial charge in [-0.1, -0.05) is 0 Å². The number of nitriles is 1. The van der Waals surface area contributed by atoms with Crippen molar-refractivity contribution in [2.75, 3.05) is 6.54 Å². The van der Waals surface area contributed by atoms with Crippen molar-refractivity contribution in [3.05, 3.63) is 35.1 Å². The molecule has 2 rings (SSSR count). The van der Waals surface area contributed by atoms with Crippen LogP contribution in [0.1, 0.15) is 30.9 Å². The first-order valence-electron chi connectivity index (χ1n) is 5.63. The van der Waals surface area contributed by atoms with Crippen molar-refractivity contribution in [1.82, 2.24) is 4.90 Å². The van der Waals surface area contributed by atoms with E-state index in [1.807, 2.05) is 0 Å². The molecule has 1 aromatic carbocycles. The van der Waals surface area contributed by atoms with Crippen molar-refractivity contribution >= 4 is 0 Å². The van der Waals surface area contributed by atoms with E-state index >= 15 is 0 Å². The monoisotopic (exact) mass is 218 g/mol. The van der Waals surface area contributed by atoms with E-state index in [2.05, 4.69) is 17.9 Å². The molecule has 1 saturated heterocycles. The third-order valence-electron chi connectivity index (χ3n) is 3.25. The second-order valence-corrected chi connectivity index (χ2v) is 4.37. The maximum atomic E-state index is 13.1. The van der Waals surface area contributed by atoms with Gasteiger partial charge in [0.1, 0.15) is 5.82 Å². The molecule has 1 fully saturated rings. The molecular formula is C13H15FN2. The van der Waals surface area contributed by atoms with Crippen LogP contribution in [0.15, 0.2) is 18.2 Å². The molecule has 0 bridgehead atoms. The van der Waals surface area contributed by atoms with E-state index < -0.39 is 0 Å². The molecule has 84 valence electrons. The van der Waals surface area contributed by atoms with E-state index in [1.165, 1.54) is 25.0 Å². The Kier molecular flexibility index (Phi) is 3.21. The van der Waals surface area contributed by atoms with Gasteiger partial charge in [0, 0.05) is 12.6 Å². The summed E-state index contributed by atoms with van der Waals surface area (Å²) in [6, 6.07) is 7.03. The first kappa shape index (κ1) is 11.1. The van der Waals surface area contributed by atoms with Gasteiger partial charge in [0.05, 0.1) is 11.6 Å². The van der Waals surface area contributed by atoms with Crippen LogP contribution in [0.5, 0.6) is 0 Å². The van der Waals surface area contributed by atoms with Crippen LogP contribution in [0.2, 0.25) is 0 Å². The summed E-state index contributed by atoms with van der Waals surface area (Å²) in [5.41, 5.74) is 1.39. The maximum absolute atomic E-state index is 13.1. The zero-order valence-corrected chi connectivity index (χ0v) is 9.41. The third kappa shape index (κ3) is 2.23. The summed E-state index contributed by atoms with van der Waals surface area (Å²) in [7, 11) is 0. The van der Waals surface area contributed by atoms with E-state index in [4.69, 9.17) is 5.26 Å². The highest BCUT2D eigenvalue weighted by Crippen LogP contribution is 2.21. The van der Waals surface area contributed by atoms with Gasteiger partial charge in [-0.25, -0.2) is 4.39 Å². The van der Waals surface area contributed by atoms with E-state index in [-0.39, 0.29) is 5.82 Å². The summed E-state index contributed by atoms with van der Waals surface area (Å²) in [5.74, 6) is -0.263. The molecular weight excluding hydrogens is 203 g/mol. The lowest BCUT2D eigenvalue weighted by atomic mass is 10.1. The highest BCUT2D eigenvalue weighted by atomic mass is 19.1. The molecule has 0 spiro atoms. The van der Waals surface area contributed by atoms with Gasteiger partial charge in [-0.3, -0.25) is 4.90 Å². The summed E-state index contributed by atoms with van der Waals surface area (Å²) < 4.78 is 13.1. The average molecular weight is 218 g/mol. The molecule has 0 aromatic heterocycles. The van der Waals surface area contributed by atoms with Crippen LogP contribution in [-0.2, 0) is 6.54 Å². The van der Waals surface area contributed by atoms with Crippen molar-refractivity contribution < 1.29 is 4.39 Å². The van der Waals surface area contributed by atoms with Gasteiger partial charge >= 0.3 is 0 Å². The standard InChI is InChI=1S/C13H15FN2/c1-10-3-2-6-16(10)9-12-7-13(14)5-4-11(12)8-15/h4-5,7,10H,2-3,6,9H2,1H3. The molecule has 0 aliphatic carbocycles. The quantitative estimate of drug-likeness (QED) is 0.763. The van der Waals surface area contributed by atoms with Gasteiger partial charge in [-0.05, 0) is 50.1 Å². The van der Waals surface area contributed by atoms with Gasteiger partial charge in [0.2, 0.25) is 0 Å². The van der Waals surface area contributed by atoms with Crippen LogP contribution in [0, 0.1) is 17.1 Å². The highest BCUT2D eigenvalue weighted by Gasteiger charge is 2.21. The Morgan fingerprint density at radius 2 is 2.38 bits per heavy atom. The fourth-order valence-electron chi connectivity index (χ4n) is 2.25. The van der Waals surface area contributed by atoms with Gasteiger partial charge in [0.25, 0.3) is 0 Å². The van der Waals surface area contributed by atoms with Crippen LogP contribution in [0.25, 0.3) is 0 Å². The second kappa shape index (κ2) is 4.63. The van der Waals surface area contributed by atoms with Crippen LogP contribution < -0.4 is 0 Å². The Labute approximate surface area is 95.3 Å². The maximum Gasteiger partial charge on any atom is 0.123 e. The number of rotatable bonds is 2. The average Bonchev–Trinajstić information content (AvgIpc) is 2.65. The van der Waals surface area contributed by atoms with E-state index in [0.717, 1.165) is 12.1 Å². The lowest BCUT2D eigenvalue weighted by molar-refractivity contribution is 0.260. The fraction of sp³-hybridized carbons (Fsp3) is 0.462. The topological polar surface area (TPSA) is 27.0 Å². The Balaban J connectivity index is 2.20. The SMILES string of the molecule is CC1CCCN1Cc1cc(F)ccc1C#N. The predicted octanol–water partition coefficient (Wildman–Crippen LogP) is 2.68. The zero-order chi connectivity index (χ0) is 11.5. The Morgan fingerprint density at radius 1 is 1.56 bits per heavy atom. The van der Waals surface area contributed by atoms with Gasteiger partial charge in [-0.2, -0.15) is 5.26 Å². The molecule has 0 saturated carbocycles. The first-order valence-corrected chi connectivity index (χ1v) is 5.63. The van der Waals surface area contributed by atoms with Crippen LogP contribution in [0.4, 0.5) is 4.39 Å². The largest absolute Gasteiger partial charge is 0.296 e. The first-order chi connectivity index (χ1) is 7.70. The molecule has 1 unspecified atom stereocenters. The number of hydrogen-bond acceptors (Lipinski definition) is 2. The molecule has 1 aliphatic rings. The molecule has 0 radical (unpaired) electrons. The summed E-state index contributed by atoms with van der Waals surface area (Å²) in [4.78, 5) is 2.30. The highest BCUT2D eigenvalue weighted by molar-refractivity contribution is 5.37. The molecule has 1 atom stereocenters. The van der Waals surface area contributed by atoms with Crippen molar-refractivity contribution in [1.29, 1.82) is 5.26 Å². The minimum absolute atomic E-state index is 0.263. The summed E-state index contributed by atoms with van der Waals surface area (Å²) in [6.45, 7) is 3.91. The second-order valence-electron chi connectivity index (χ2n) is 4.37. The number of nitrogens with zero attached hydrogens (tertiary/aromatic N) is 2. The number of benzene rings is 1.